The van der Waals surface area contributed by atoms with Gasteiger partial charge in [-0.2, -0.15) is 0 Å². The number of halogens is 1. The van der Waals surface area contributed by atoms with E-state index in [1.807, 2.05) is 12.3 Å². The minimum Gasteiger partial charge on any atom is -0.485 e. The monoisotopic (exact) mass is 272 g/mol. The van der Waals surface area contributed by atoms with Gasteiger partial charge >= 0.3 is 0 Å². The zero-order valence-corrected chi connectivity index (χ0v) is 10.7. The summed E-state index contributed by atoms with van der Waals surface area (Å²) in [4.78, 5) is 4.26. The minimum atomic E-state index is -0.293. The number of hydrogen-bond acceptors (Lipinski definition) is 3. The molecule has 0 aliphatic rings. The summed E-state index contributed by atoms with van der Waals surface area (Å²) >= 11 is 0. The van der Waals surface area contributed by atoms with Crippen LogP contribution >= 0.6 is 0 Å². The summed E-state index contributed by atoms with van der Waals surface area (Å²) in [5, 5.41) is 9.11. The number of aliphatic hydroxyl groups excluding tert-OH is 1. The maximum absolute atomic E-state index is 13.5. The van der Waals surface area contributed by atoms with Crippen LogP contribution in [-0.4, -0.2) is 14.5 Å². The Bertz CT molecular complexity index is 740. The molecule has 2 heterocycles. The fourth-order valence-electron chi connectivity index (χ4n) is 2.00. The predicted octanol–water partition coefficient (Wildman–Crippen LogP) is 2.54. The summed E-state index contributed by atoms with van der Waals surface area (Å²) in [6.07, 6.45) is 3.54. The van der Waals surface area contributed by atoms with Crippen LogP contribution in [0, 0.1) is 5.82 Å². The van der Waals surface area contributed by atoms with Crippen LogP contribution in [0.4, 0.5) is 4.39 Å². The maximum atomic E-state index is 13.5. The van der Waals surface area contributed by atoms with Crippen LogP contribution in [0.25, 0.3) is 5.65 Å². The highest BCUT2D eigenvalue weighted by Gasteiger charge is 2.08. The zero-order chi connectivity index (χ0) is 13.9. The second-order valence-electron chi connectivity index (χ2n) is 4.37. The Kier molecular flexibility index (Phi) is 3.35. The predicted molar refractivity (Wildman–Crippen MR) is 71.8 cm³/mol. The van der Waals surface area contributed by atoms with Gasteiger partial charge in [-0.1, -0.05) is 18.2 Å². The lowest BCUT2D eigenvalue weighted by molar-refractivity contribution is 0.277. The number of imidazole rings is 1. The molecule has 0 unspecified atom stereocenters. The number of nitrogens with zero attached hydrogens (tertiary/aromatic N) is 2. The summed E-state index contributed by atoms with van der Waals surface area (Å²) in [6.45, 7) is 0.00208. The second kappa shape index (κ2) is 5.30. The van der Waals surface area contributed by atoms with Crippen LogP contribution in [0.15, 0.2) is 48.8 Å². The summed E-state index contributed by atoms with van der Waals surface area (Å²) < 4.78 is 20.9. The van der Waals surface area contributed by atoms with E-state index in [4.69, 9.17) is 9.84 Å². The summed E-state index contributed by atoms with van der Waals surface area (Å²) in [7, 11) is 0. The lowest BCUT2D eigenvalue weighted by Gasteiger charge is -2.07. The molecular formula is C15H13FN2O2. The van der Waals surface area contributed by atoms with E-state index in [1.54, 1.807) is 34.9 Å². The van der Waals surface area contributed by atoms with E-state index in [1.165, 1.54) is 6.07 Å². The van der Waals surface area contributed by atoms with Gasteiger partial charge in [0.2, 0.25) is 0 Å². The Morgan fingerprint density at radius 1 is 1.20 bits per heavy atom. The third kappa shape index (κ3) is 2.35. The maximum Gasteiger partial charge on any atom is 0.180 e. The van der Waals surface area contributed by atoms with Gasteiger partial charge in [-0.15, -0.1) is 0 Å². The Balaban J connectivity index is 1.87. The molecule has 102 valence electrons. The van der Waals surface area contributed by atoms with Gasteiger partial charge in [-0.3, -0.25) is 0 Å². The van der Waals surface area contributed by atoms with Gasteiger partial charge in [0.15, 0.2) is 11.4 Å². The van der Waals surface area contributed by atoms with Crippen molar-refractivity contribution in [3.63, 3.8) is 0 Å². The first-order valence-electron chi connectivity index (χ1n) is 6.21. The van der Waals surface area contributed by atoms with Crippen molar-refractivity contribution in [2.24, 2.45) is 0 Å². The summed E-state index contributed by atoms with van der Waals surface area (Å²) in [5.41, 5.74) is 1.66. The number of ether oxygens (including phenoxy) is 1. The van der Waals surface area contributed by atoms with Gasteiger partial charge in [0.05, 0.1) is 12.3 Å². The number of aliphatic hydroxyl groups is 1. The molecule has 5 heteroatoms. The molecule has 0 amide bonds. The molecule has 0 saturated carbocycles. The van der Waals surface area contributed by atoms with Crippen LogP contribution in [0.2, 0.25) is 0 Å². The lowest BCUT2D eigenvalue weighted by atomic mass is 10.2. The van der Waals surface area contributed by atoms with Crippen LogP contribution in [0.1, 0.15) is 11.3 Å². The summed E-state index contributed by atoms with van der Waals surface area (Å²) in [6, 6.07) is 10.1. The van der Waals surface area contributed by atoms with Gasteiger partial charge in [-0.05, 0) is 18.2 Å². The molecule has 1 N–H and O–H groups in total. The SMILES string of the molecule is OCc1cn2cccc(OCc3ccccc3F)c2n1. The fourth-order valence-corrected chi connectivity index (χ4v) is 2.00. The molecule has 2 aromatic heterocycles. The lowest BCUT2D eigenvalue weighted by Crippen LogP contribution is -1.99. The molecule has 0 fully saturated rings. The quantitative estimate of drug-likeness (QED) is 0.794. The Morgan fingerprint density at radius 2 is 2.05 bits per heavy atom. The number of benzene rings is 1. The number of aromatic nitrogens is 2. The van der Waals surface area contributed by atoms with Gasteiger partial charge in [0, 0.05) is 18.0 Å². The van der Waals surface area contributed by atoms with E-state index >= 15 is 0 Å². The second-order valence-corrected chi connectivity index (χ2v) is 4.37. The highest BCUT2D eigenvalue weighted by Crippen LogP contribution is 2.20. The summed E-state index contributed by atoms with van der Waals surface area (Å²) in [5.74, 6) is 0.259. The van der Waals surface area contributed by atoms with Crippen LogP contribution in [0.5, 0.6) is 5.75 Å². The first-order valence-corrected chi connectivity index (χ1v) is 6.21. The van der Waals surface area contributed by atoms with Crippen LogP contribution in [-0.2, 0) is 13.2 Å². The van der Waals surface area contributed by atoms with E-state index < -0.39 is 0 Å². The molecule has 20 heavy (non-hydrogen) atoms. The van der Waals surface area contributed by atoms with E-state index in [0.717, 1.165) is 0 Å². The van der Waals surface area contributed by atoms with Crippen molar-refractivity contribution in [1.82, 2.24) is 9.38 Å². The minimum absolute atomic E-state index is 0.131. The Labute approximate surface area is 115 Å². The highest BCUT2D eigenvalue weighted by molar-refractivity contribution is 5.54. The highest BCUT2D eigenvalue weighted by atomic mass is 19.1. The topological polar surface area (TPSA) is 46.8 Å². The van der Waals surface area contributed by atoms with Crippen molar-refractivity contribution in [3.05, 3.63) is 65.9 Å². The normalized spacial score (nSPS) is 10.9. The van der Waals surface area contributed by atoms with Crippen molar-refractivity contribution in [2.45, 2.75) is 13.2 Å². The van der Waals surface area contributed by atoms with Gasteiger partial charge < -0.3 is 14.2 Å². The molecule has 3 rings (SSSR count). The third-order valence-electron chi connectivity index (χ3n) is 3.00. The van der Waals surface area contributed by atoms with Gasteiger partial charge in [-0.25, -0.2) is 9.37 Å². The molecular weight excluding hydrogens is 259 g/mol. The van der Waals surface area contributed by atoms with Crippen molar-refractivity contribution in [3.8, 4) is 5.75 Å². The van der Waals surface area contributed by atoms with Crippen LogP contribution < -0.4 is 4.74 Å². The standard InChI is InChI=1S/C15H13FN2O2/c16-13-5-2-1-4-11(13)10-20-14-6-3-7-18-8-12(9-19)17-15(14)18/h1-8,19H,9-10H2. The van der Waals surface area contributed by atoms with Crippen molar-refractivity contribution in [1.29, 1.82) is 0 Å². The molecule has 0 saturated heterocycles. The average Bonchev–Trinajstić information content (AvgIpc) is 2.90. The smallest absolute Gasteiger partial charge is 0.180 e. The van der Waals surface area contributed by atoms with Crippen molar-refractivity contribution < 1.29 is 14.2 Å². The molecule has 3 aromatic rings. The molecule has 4 nitrogen and oxygen atoms in total. The van der Waals surface area contributed by atoms with Crippen molar-refractivity contribution in [2.75, 3.05) is 0 Å². The average molecular weight is 272 g/mol. The number of pyridine rings is 1. The number of rotatable bonds is 4. The first kappa shape index (κ1) is 12.6. The van der Waals surface area contributed by atoms with E-state index in [0.29, 0.717) is 22.7 Å². The Morgan fingerprint density at radius 3 is 2.85 bits per heavy atom. The van der Waals surface area contributed by atoms with Gasteiger partial charge in [0.25, 0.3) is 0 Å². The zero-order valence-electron chi connectivity index (χ0n) is 10.7. The van der Waals surface area contributed by atoms with Crippen LogP contribution in [0.3, 0.4) is 0 Å². The fraction of sp³-hybridized carbons (Fsp3) is 0.133. The van der Waals surface area contributed by atoms with Gasteiger partial charge in [0.1, 0.15) is 12.4 Å². The van der Waals surface area contributed by atoms with E-state index in [2.05, 4.69) is 4.98 Å². The van der Waals surface area contributed by atoms with E-state index in [9.17, 15) is 4.39 Å². The molecule has 1 aromatic carbocycles. The molecule has 0 aliphatic carbocycles. The molecule has 0 spiro atoms. The molecule has 0 atom stereocenters. The van der Waals surface area contributed by atoms with E-state index in [-0.39, 0.29) is 19.0 Å². The molecule has 0 bridgehead atoms. The first-order chi connectivity index (χ1) is 9.78. The number of hydrogen-bond donors (Lipinski definition) is 1. The number of fused-ring (bicyclic) bond motifs is 1. The third-order valence-corrected chi connectivity index (χ3v) is 3.00. The largest absolute Gasteiger partial charge is 0.485 e. The molecule has 0 aliphatic heterocycles. The molecule has 0 radical (unpaired) electrons. The Hall–Kier alpha value is -2.40. The van der Waals surface area contributed by atoms with Crippen molar-refractivity contribution >= 4 is 5.65 Å².